The van der Waals surface area contributed by atoms with E-state index in [0.29, 0.717) is 0 Å². The molecule has 0 saturated heterocycles. The number of nitrogens with one attached hydrogen (secondary N) is 2. The minimum absolute atomic E-state index is 0. The van der Waals surface area contributed by atoms with Gasteiger partial charge in [-0.3, -0.25) is 9.98 Å². The monoisotopic (exact) mass is 481 g/mol. The maximum atomic E-state index is 4.33. The smallest absolute Gasteiger partial charge is 0.191 e. The third-order valence-corrected chi connectivity index (χ3v) is 4.33. The summed E-state index contributed by atoms with van der Waals surface area (Å²) in [5.41, 5.74) is 4.84. The van der Waals surface area contributed by atoms with Gasteiger partial charge in [-0.1, -0.05) is 18.2 Å². The molecule has 1 aromatic carbocycles. The van der Waals surface area contributed by atoms with E-state index in [4.69, 9.17) is 0 Å². The molecule has 0 saturated carbocycles. The maximum Gasteiger partial charge on any atom is 0.191 e. The van der Waals surface area contributed by atoms with Crippen LogP contribution in [0.15, 0.2) is 47.6 Å². The molecule has 0 radical (unpaired) electrons. The number of aryl methyl sites for hydroxylation is 2. The van der Waals surface area contributed by atoms with Gasteiger partial charge in [-0.2, -0.15) is 0 Å². The Kier molecular flexibility index (Phi) is 10.8. The topological polar surface area (TPSA) is 52.5 Å². The summed E-state index contributed by atoms with van der Waals surface area (Å²) >= 11 is 0. The highest BCUT2D eigenvalue weighted by atomic mass is 127. The first-order valence-corrected chi connectivity index (χ1v) is 9.30. The van der Waals surface area contributed by atoms with E-state index in [1.54, 1.807) is 7.05 Å². The fourth-order valence-corrected chi connectivity index (χ4v) is 2.80. The number of benzene rings is 1. The zero-order valence-corrected chi connectivity index (χ0v) is 19.2. The second kappa shape index (κ2) is 12.5. The van der Waals surface area contributed by atoms with Crippen molar-refractivity contribution in [1.82, 2.24) is 15.6 Å². The number of hydrogen-bond donors (Lipinski definition) is 2. The molecule has 1 aromatic heterocycles. The third-order valence-electron chi connectivity index (χ3n) is 4.33. The van der Waals surface area contributed by atoms with Crippen molar-refractivity contribution in [2.75, 3.05) is 38.1 Å². The summed E-state index contributed by atoms with van der Waals surface area (Å²) in [6.45, 7) is 9.91. The van der Waals surface area contributed by atoms with Crippen molar-refractivity contribution in [2.45, 2.75) is 27.2 Å². The number of nitrogens with zero attached hydrogens (tertiary/aromatic N) is 3. The van der Waals surface area contributed by atoms with Crippen LogP contribution in [0.25, 0.3) is 0 Å². The standard InChI is InChI=1S/C21H31N5.HI/c1-5-26(20-8-6-7-17(2)15-20)14-13-24-21(22-4)23-12-11-19-10-9-18(3)25-16-19;/h6-10,15-16H,5,11-14H2,1-4H3,(H2,22,23,24);1H. The van der Waals surface area contributed by atoms with Crippen LogP contribution in [0.5, 0.6) is 0 Å². The predicted molar refractivity (Wildman–Crippen MR) is 127 cm³/mol. The van der Waals surface area contributed by atoms with Crippen LogP contribution < -0.4 is 15.5 Å². The lowest BCUT2D eigenvalue weighted by molar-refractivity contribution is 0.746. The molecule has 0 spiro atoms. The van der Waals surface area contributed by atoms with E-state index < -0.39 is 0 Å². The summed E-state index contributed by atoms with van der Waals surface area (Å²) in [7, 11) is 1.81. The first-order chi connectivity index (χ1) is 12.6. The molecule has 2 rings (SSSR count). The Bertz CT molecular complexity index is 700. The Hall–Kier alpha value is -1.83. The van der Waals surface area contributed by atoms with Crippen molar-refractivity contribution < 1.29 is 0 Å². The molecule has 5 nitrogen and oxygen atoms in total. The van der Waals surface area contributed by atoms with Gasteiger partial charge in [0.1, 0.15) is 0 Å². The van der Waals surface area contributed by atoms with E-state index in [1.807, 2.05) is 19.2 Å². The second-order valence-corrected chi connectivity index (χ2v) is 6.40. The number of rotatable bonds is 8. The van der Waals surface area contributed by atoms with Gasteiger partial charge in [-0.25, -0.2) is 0 Å². The van der Waals surface area contributed by atoms with Crippen LogP contribution >= 0.6 is 24.0 Å². The summed E-state index contributed by atoms with van der Waals surface area (Å²) in [5, 5.41) is 6.76. The van der Waals surface area contributed by atoms with Gasteiger partial charge in [-0.15, -0.1) is 24.0 Å². The van der Waals surface area contributed by atoms with Gasteiger partial charge in [0.15, 0.2) is 5.96 Å². The van der Waals surface area contributed by atoms with Gasteiger partial charge >= 0.3 is 0 Å². The number of halogens is 1. The van der Waals surface area contributed by atoms with Crippen LogP contribution in [0.3, 0.4) is 0 Å². The molecule has 0 unspecified atom stereocenters. The van der Waals surface area contributed by atoms with Crippen molar-refractivity contribution in [3.63, 3.8) is 0 Å². The molecule has 0 bridgehead atoms. The molecule has 2 N–H and O–H groups in total. The molecular formula is C21H32IN5. The number of guanidine groups is 1. The lowest BCUT2D eigenvalue weighted by Gasteiger charge is -2.24. The molecule has 148 valence electrons. The van der Waals surface area contributed by atoms with Crippen LogP contribution in [0.4, 0.5) is 5.69 Å². The number of aliphatic imine (C=N–C) groups is 1. The summed E-state index contributed by atoms with van der Waals surface area (Å²) < 4.78 is 0. The van der Waals surface area contributed by atoms with Gasteiger partial charge < -0.3 is 15.5 Å². The van der Waals surface area contributed by atoms with Gasteiger partial charge in [0.25, 0.3) is 0 Å². The van der Waals surface area contributed by atoms with Crippen molar-refractivity contribution in [2.24, 2.45) is 4.99 Å². The van der Waals surface area contributed by atoms with Crippen molar-refractivity contribution >= 4 is 35.6 Å². The zero-order chi connectivity index (χ0) is 18.8. The van der Waals surface area contributed by atoms with Gasteiger partial charge in [0, 0.05) is 50.8 Å². The Morgan fingerprint density at radius 3 is 2.52 bits per heavy atom. The van der Waals surface area contributed by atoms with Crippen LogP contribution in [-0.2, 0) is 6.42 Å². The van der Waals surface area contributed by atoms with E-state index >= 15 is 0 Å². The summed E-state index contributed by atoms with van der Waals surface area (Å²) in [6.07, 6.45) is 2.87. The van der Waals surface area contributed by atoms with Crippen molar-refractivity contribution in [3.05, 3.63) is 59.4 Å². The van der Waals surface area contributed by atoms with E-state index in [9.17, 15) is 0 Å². The first-order valence-electron chi connectivity index (χ1n) is 9.30. The van der Waals surface area contributed by atoms with Crippen LogP contribution in [0.2, 0.25) is 0 Å². The largest absolute Gasteiger partial charge is 0.370 e. The Labute approximate surface area is 180 Å². The van der Waals surface area contributed by atoms with Crippen LogP contribution in [0, 0.1) is 13.8 Å². The SMILES string of the molecule is CCN(CCNC(=NC)NCCc1ccc(C)nc1)c1cccc(C)c1.I. The van der Waals surface area contributed by atoms with Gasteiger partial charge in [0.05, 0.1) is 0 Å². The van der Waals surface area contributed by atoms with Crippen LogP contribution in [-0.4, -0.2) is 44.2 Å². The Morgan fingerprint density at radius 1 is 1.11 bits per heavy atom. The second-order valence-electron chi connectivity index (χ2n) is 6.40. The first kappa shape index (κ1) is 23.2. The van der Waals surface area contributed by atoms with Crippen molar-refractivity contribution in [1.29, 1.82) is 0 Å². The van der Waals surface area contributed by atoms with E-state index in [1.165, 1.54) is 16.8 Å². The highest BCUT2D eigenvalue weighted by molar-refractivity contribution is 14.0. The molecule has 2 aromatic rings. The minimum atomic E-state index is 0. The number of likely N-dealkylation sites (N-methyl/N-ethyl adjacent to an activating group) is 1. The average Bonchev–Trinajstić information content (AvgIpc) is 2.65. The highest BCUT2D eigenvalue weighted by Gasteiger charge is 2.05. The molecule has 6 heteroatoms. The quantitative estimate of drug-likeness (QED) is 0.344. The molecule has 0 aliphatic heterocycles. The lowest BCUT2D eigenvalue weighted by atomic mass is 10.2. The summed E-state index contributed by atoms with van der Waals surface area (Å²) in [6, 6.07) is 12.8. The van der Waals surface area contributed by atoms with E-state index in [0.717, 1.165) is 44.3 Å². The Balaban J connectivity index is 0.00000364. The predicted octanol–water partition coefficient (Wildman–Crippen LogP) is 3.55. The minimum Gasteiger partial charge on any atom is -0.370 e. The summed E-state index contributed by atoms with van der Waals surface area (Å²) in [5.74, 6) is 0.838. The lowest BCUT2D eigenvalue weighted by Crippen LogP contribution is -2.42. The van der Waals surface area contributed by atoms with Gasteiger partial charge in [0.2, 0.25) is 0 Å². The Morgan fingerprint density at radius 2 is 1.89 bits per heavy atom. The molecule has 0 aliphatic carbocycles. The average molecular weight is 481 g/mol. The molecule has 0 amide bonds. The number of anilines is 1. The summed E-state index contributed by atoms with van der Waals surface area (Å²) in [4.78, 5) is 11.0. The molecule has 0 fully saturated rings. The van der Waals surface area contributed by atoms with Gasteiger partial charge in [-0.05, 0) is 56.5 Å². The van der Waals surface area contributed by atoms with E-state index in [-0.39, 0.29) is 24.0 Å². The fourth-order valence-electron chi connectivity index (χ4n) is 2.80. The van der Waals surface area contributed by atoms with Crippen molar-refractivity contribution in [3.8, 4) is 0 Å². The number of hydrogen-bond acceptors (Lipinski definition) is 3. The molecule has 1 heterocycles. The van der Waals surface area contributed by atoms with Crippen LogP contribution in [0.1, 0.15) is 23.7 Å². The molecule has 0 atom stereocenters. The third kappa shape index (κ3) is 8.15. The zero-order valence-electron chi connectivity index (χ0n) is 16.8. The molecule has 27 heavy (non-hydrogen) atoms. The normalized spacial score (nSPS) is 10.9. The maximum absolute atomic E-state index is 4.33. The molecule has 0 aliphatic rings. The molecular weight excluding hydrogens is 449 g/mol. The van der Waals surface area contributed by atoms with E-state index in [2.05, 4.69) is 69.7 Å². The highest BCUT2D eigenvalue weighted by Crippen LogP contribution is 2.14. The number of aromatic nitrogens is 1. The number of pyridine rings is 1. The fraction of sp³-hybridized carbons (Fsp3) is 0.429.